The van der Waals surface area contributed by atoms with Gasteiger partial charge in [0, 0.05) is 11.3 Å². The molecule has 0 amide bonds. The van der Waals surface area contributed by atoms with Crippen molar-refractivity contribution in [3.05, 3.63) is 59.9 Å². The molecule has 0 saturated carbocycles. The van der Waals surface area contributed by atoms with Crippen LogP contribution in [0.15, 0.2) is 48.7 Å². The Labute approximate surface area is 158 Å². The summed E-state index contributed by atoms with van der Waals surface area (Å²) in [6.07, 6.45) is 1.48. The van der Waals surface area contributed by atoms with Gasteiger partial charge in [-0.15, -0.1) is 0 Å². The number of hydrogen-bond acceptors (Lipinski definition) is 6. The molecule has 0 unspecified atom stereocenters. The van der Waals surface area contributed by atoms with Gasteiger partial charge in [0.05, 0.1) is 27.5 Å². The Morgan fingerprint density at radius 2 is 1.63 bits per heavy atom. The fraction of sp³-hybridized carbons (Fsp3) is 0.200. The number of nitrogens with zero attached hydrogens (tertiary/aromatic N) is 1. The lowest BCUT2D eigenvalue weighted by molar-refractivity contribution is 0.103. The van der Waals surface area contributed by atoms with Crippen LogP contribution in [0.2, 0.25) is 0 Å². The van der Waals surface area contributed by atoms with Gasteiger partial charge in [-0.2, -0.15) is 0 Å². The molecule has 0 atom stereocenters. The van der Waals surface area contributed by atoms with E-state index < -0.39 is 0 Å². The molecular formula is C20H23N3O4. The van der Waals surface area contributed by atoms with Gasteiger partial charge in [0.25, 0.3) is 0 Å². The summed E-state index contributed by atoms with van der Waals surface area (Å²) in [5, 5.41) is 3.11. The minimum absolute atomic E-state index is 0. The third-order valence-corrected chi connectivity index (χ3v) is 3.78. The van der Waals surface area contributed by atoms with Gasteiger partial charge in [0.1, 0.15) is 5.69 Å². The molecule has 0 bridgehead atoms. The molecule has 2 aromatic carbocycles. The first-order valence-electron chi connectivity index (χ1n) is 7.88. The normalized spacial score (nSPS) is 9.89. The molecule has 0 saturated heterocycles. The van der Waals surface area contributed by atoms with Crippen LogP contribution >= 0.6 is 0 Å². The van der Waals surface area contributed by atoms with Crippen LogP contribution in [0.1, 0.15) is 23.5 Å². The van der Waals surface area contributed by atoms with Gasteiger partial charge in [0.15, 0.2) is 11.5 Å². The van der Waals surface area contributed by atoms with Crippen molar-refractivity contribution in [3.8, 4) is 17.2 Å². The molecule has 27 heavy (non-hydrogen) atoms. The van der Waals surface area contributed by atoms with E-state index in [9.17, 15) is 4.79 Å². The second-order valence-corrected chi connectivity index (χ2v) is 5.38. The van der Waals surface area contributed by atoms with Crippen molar-refractivity contribution in [2.45, 2.75) is 7.43 Å². The summed E-state index contributed by atoms with van der Waals surface area (Å²) < 4.78 is 15.9. The number of hydrogen-bond donors (Lipinski definition) is 2. The summed E-state index contributed by atoms with van der Waals surface area (Å²) in [4.78, 5) is 20.0. The highest BCUT2D eigenvalue weighted by molar-refractivity contribution is 6.08. The van der Waals surface area contributed by atoms with Crippen molar-refractivity contribution in [2.75, 3.05) is 26.6 Å². The van der Waals surface area contributed by atoms with Crippen molar-refractivity contribution in [1.29, 1.82) is 0 Å². The lowest BCUT2D eigenvalue weighted by Crippen LogP contribution is -2.04. The predicted octanol–water partition coefficient (Wildman–Crippen LogP) is 4.05. The fourth-order valence-corrected chi connectivity index (χ4v) is 2.53. The van der Waals surface area contributed by atoms with Gasteiger partial charge in [-0.05, 0) is 24.3 Å². The van der Waals surface area contributed by atoms with E-state index in [0.29, 0.717) is 34.5 Å². The van der Waals surface area contributed by atoms with E-state index in [4.69, 9.17) is 14.2 Å². The molecule has 0 aliphatic carbocycles. The number of benzene rings is 2. The summed E-state index contributed by atoms with van der Waals surface area (Å²) in [7, 11) is 4.52. The number of H-pyrrole nitrogens is 1. The fourth-order valence-electron chi connectivity index (χ4n) is 2.53. The number of nitrogens with one attached hydrogen (secondary N) is 2. The van der Waals surface area contributed by atoms with Crippen LogP contribution in [-0.4, -0.2) is 37.1 Å². The minimum atomic E-state index is -0.238. The summed E-state index contributed by atoms with van der Waals surface area (Å²) >= 11 is 0. The first kappa shape index (κ1) is 19.8. The maximum Gasteiger partial charge on any atom is 0.211 e. The maximum atomic E-state index is 12.8. The highest BCUT2D eigenvalue weighted by Crippen LogP contribution is 2.38. The van der Waals surface area contributed by atoms with Crippen LogP contribution in [0.25, 0.3) is 0 Å². The Hall–Kier alpha value is -3.48. The van der Waals surface area contributed by atoms with E-state index in [1.165, 1.54) is 27.5 Å². The van der Waals surface area contributed by atoms with Crippen LogP contribution < -0.4 is 19.5 Å². The SMILES string of the molecule is C.COc1cc(C(=O)c2cnc(Nc3ccccc3)[nH]2)cc(OC)c1OC. The van der Waals surface area contributed by atoms with E-state index in [-0.39, 0.29) is 13.2 Å². The number of ether oxygens (including phenoxy) is 3. The van der Waals surface area contributed by atoms with Crippen molar-refractivity contribution in [1.82, 2.24) is 9.97 Å². The highest BCUT2D eigenvalue weighted by Gasteiger charge is 2.19. The molecule has 0 spiro atoms. The zero-order valence-corrected chi connectivity index (χ0v) is 14.7. The highest BCUT2D eigenvalue weighted by atomic mass is 16.5. The zero-order chi connectivity index (χ0) is 18.5. The van der Waals surface area contributed by atoms with E-state index >= 15 is 0 Å². The molecule has 2 N–H and O–H groups in total. The van der Waals surface area contributed by atoms with Crippen molar-refractivity contribution >= 4 is 17.4 Å². The molecule has 7 nitrogen and oxygen atoms in total. The summed E-state index contributed by atoms with van der Waals surface area (Å²) in [5.41, 5.74) is 1.61. The van der Waals surface area contributed by atoms with Crippen LogP contribution in [0, 0.1) is 0 Å². The molecule has 0 radical (unpaired) electrons. The quantitative estimate of drug-likeness (QED) is 0.611. The molecular weight excluding hydrogens is 346 g/mol. The Kier molecular flexibility index (Phi) is 6.43. The number of aromatic nitrogens is 2. The van der Waals surface area contributed by atoms with E-state index in [2.05, 4.69) is 15.3 Å². The zero-order valence-electron chi connectivity index (χ0n) is 14.7. The molecule has 0 aliphatic rings. The molecule has 142 valence electrons. The number of para-hydroxylation sites is 1. The summed E-state index contributed by atoms with van der Waals surface area (Å²) in [5.74, 6) is 1.50. The van der Waals surface area contributed by atoms with Crippen molar-refractivity contribution in [3.63, 3.8) is 0 Å². The van der Waals surface area contributed by atoms with Crippen LogP contribution in [0.5, 0.6) is 17.2 Å². The van der Waals surface area contributed by atoms with E-state index in [1.54, 1.807) is 12.1 Å². The minimum Gasteiger partial charge on any atom is -0.493 e. The second-order valence-electron chi connectivity index (χ2n) is 5.38. The predicted molar refractivity (Wildman–Crippen MR) is 105 cm³/mol. The van der Waals surface area contributed by atoms with Gasteiger partial charge in [0.2, 0.25) is 17.5 Å². The number of aromatic amines is 1. The third-order valence-electron chi connectivity index (χ3n) is 3.78. The van der Waals surface area contributed by atoms with Crippen molar-refractivity contribution < 1.29 is 19.0 Å². The van der Waals surface area contributed by atoms with Gasteiger partial charge in [-0.25, -0.2) is 4.98 Å². The number of rotatable bonds is 7. The lowest BCUT2D eigenvalue weighted by Gasteiger charge is -2.13. The molecule has 7 heteroatoms. The van der Waals surface area contributed by atoms with E-state index in [1.807, 2.05) is 30.3 Å². The molecule has 3 rings (SSSR count). The number of carbonyl (C=O) groups is 1. The topological polar surface area (TPSA) is 85.5 Å². The Balaban J connectivity index is 0.00000261. The molecule has 3 aromatic rings. The number of anilines is 2. The lowest BCUT2D eigenvalue weighted by atomic mass is 10.1. The standard InChI is InChI=1S/C19H19N3O4.CH4/c1-24-15-9-12(10-16(25-2)18(15)26-3)17(23)14-11-20-19(22-14)21-13-7-5-4-6-8-13;/h4-11H,1-3H3,(H2,20,21,22);1H4. The summed E-state index contributed by atoms with van der Waals surface area (Å²) in [6, 6.07) is 12.8. The number of methoxy groups -OCH3 is 3. The number of imidazole rings is 1. The monoisotopic (exact) mass is 369 g/mol. The van der Waals surface area contributed by atoms with Gasteiger partial charge in [-0.1, -0.05) is 25.6 Å². The molecule has 0 aliphatic heterocycles. The third kappa shape index (κ3) is 4.20. The smallest absolute Gasteiger partial charge is 0.211 e. The number of ketones is 1. The van der Waals surface area contributed by atoms with Gasteiger partial charge >= 0.3 is 0 Å². The molecule has 1 heterocycles. The Morgan fingerprint density at radius 1 is 1.00 bits per heavy atom. The van der Waals surface area contributed by atoms with Crippen molar-refractivity contribution in [2.24, 2.45) is 0 Å². The largest absolute Gasteiger partial charge is 0.493 e. The van der Waals surface area contributed by atoms with E-state index in [0.717, 1.165) is 5.69 Å². The number of carbonyl (C=O) groups excluding carboxylic acids is 1. The van der Waals surface area contributed by atoms with Crippen LogP contribution in [0.3, 0.4) is 0 Å². The van der Waals surface area contributed by atoms with Crippen LogP contribution in [0.4, 0.5) is 11.6 Å². The molecule has 0 fully saturated rings. The first-order chi connectivity index (χ1) is 12.7. The maximum absolute atomic E-state index is 12.8. The van der Waals surface area contributed by atoms with Crippen LogP contribution in [-0.2, 0) is 0 Å². The Morgan fingerprint density at radius 3 is 2.19 bits per heavy atom. The Bertz CT molecular complexity index is 882. The summed E-state index contributed by atoms with van der Waals surface area (Å²) in [6.45, 7) is 0. The first-order valence-corrected chi connectivity index (χ1v) is 7.88. The molecule has 1 aromatic heterocycles. The second kappa shape index (κ2) is 8.75. The van der Waals surface area contributed by atoms with Gasteiger partial charge in [-0.3, -0.25) is 4.79 Å². The van der Waals surface area contributed by atoms with Gasteiger partial charge < -0.3 is 24.5 Å². The average molecular weight is 369 g/mol. The average Bonchev–Trinajstić information content (AvgIpc) is 3.15.